The summed E-state index contributed by atoms with van der Waals surface area (Å²) in [5, 5.41) is 3.20. The first-order chi connectivity index (χ1) is 16.0. The maximum atomic E-state index is 13.3. The van der Waals surface area contributed by atoms with Crippen molar-refractivity contribution < 1.29 is 19.1 Å². The Kier molecular flexibility index (Phi) is 9.16. The average Bonchev–Trinajstić information content (AvgIpc) is 2.83. The van der Waals surface area contributed by atoms with Gasteiger partial charge >= 0.3 is 0 Å². The molecule has 178 valence electrons. The second-order valence-corrected chi connectivity index (χ2v) is 8.75. The summed E-state index contributed by atoms with van der Waals surface area (Å²) in [6.07, 6.45) is 6.03. The van der Waals surface area contributed by atoms with Crippen LogP contribution in [0.15, 0.2) is 48.5 Å². The fraction of sp³-hybridized carbons (Fsp3) is 0.481. The van der Waals surface area contributed by atoms with E-state index in [9.17, 15) is 9.59 Å². The Morgan fingerprint density at radius 2 is 1.79 bits per heavy atom. The summed E-state index contributed by atoms with van der Waals surface area (Å²) in [5.74, 6) is 1.06. The van der Waals surface area contributed by atoms with Gasteiger partial charge < -0.3 is 19.7 Å². The van der Waals surface area contributed by atoms with Gasteiger partial charge in [-0.15, -0.1) is 0 Å². The van der Waals surface area contributed by atoms with Crippen LogP contribution >= 0.6 is 0 Å². The van der Waals surface area contributed by atoms with E-state index in [1.165, 1.54) is 6.42 Å². The number of nitrogens with zero attached hydrogens (tertiary/aromatic N) is 1. The number of benzene rings is 2. The summed E-state index contributed by atoms with van der Waals surface area (Å²) in [4.78, 5) is 28.2. The van der Waals surface area contributed by atoms with E-state index in [-0.39, 0.29) is 24.5 Å². The zero-order valence-corrected chi connectivity index (χ0v) is 20.0. The minimum atomic E-state index is -0.563. The van der Waals surface area contributed by atoms with E-state index >= 15 is 0 Å². The van der Waals surface area contributed by atoms with Crippen molar-refractivity contribution in [1.29, 1.82) is 0 Å². The van der Waals surface area contributed by atoms with Gasteiger partial charge in [0.25, 0.3) is 5.91 Å². The summed E-state index contributed by atoms with van der Waals surface area (Å²) in [6.45, 7) is 4.11. The average molecular weight is 453 g/mol. The van der Waals surface area contributed by atoms with E-state index in [1.54, 1.807) is 12.0 Å². The van der Waals surface area contributed by atoms with Crippen LogP contribution in [0.5, 0.6) is 11.5 Å². The van der Waals surface area contributed by atoms with Gasteiger partial charge in [-0.1, -0.05) is 50.5 Å². The van der Waals surface area contributed by atoms with Crippen LogP contribution in [-0.2, 0) is 16.1 Å². The van der Waals surface area contributed by atoms with Gasteiger partial charge in [-0.05, 0) is 61.6 Å². The molecule has 1 saturated carbocycles. The predicted octanol–water partition coefficient (Wildman–Crippen LogP) is 4.64. The number of hydrogen-bond acceptors (Lipinski definition) is 4. The lowest BCUT2D eigenvalue weighted by Gasteiger charge is -2.32. The zero-order valence-electron chi connectivity index (χ0n) is 20.0. The Morgan fingerprint density at radius 1 is 1.06 bits per heavy atom. The van der Waals surface area contributed by atoms with Gasteiger partial charge in [0, 0.05) is 12.6 Å². The maximum absolute atomic E-state index is 13.3. The molecule has 6 nitrogen and oxygen atoms in total. The van der Waals surface area contributed by atoms with Gasteiger partial charge in [0.2, 0.25) is 5.91 Å². The molecule has 0 aliphatic heterocycles. The third-order valence-electron chi connectivity index (χ3n) is 6.18. The standard InChI is InChI=1S/C27H36N2O4/c1-4-25(27(31)28-22-12-6-5-7-13-22)29(18-21-11-9-14-23(17-21)32-3)26(30)19-33-24-15-8-10-20(2)16-24/h8-11,14-17,22,25H,4-7,12-13,18-19H2,1-3H3,(H,28,31)/t25-/m1/s1. The van der Waals surface area contributed by atoms with Crippen molar-refractivity contribution in [2.24, 2.45) is 0 Å². The molecule has 0 unspecified atom stereocenters. The smallest absolute Gasteiger partial charge is 0.261 e. The Morgan fingerprint density at radius 3 is 2.48 bits per heavy atom. The molecule has 0 saturated heterocycles. The summed E-state index contributed by atoms with van der Waals surface area (Å²) in [6, 6.07) is 14.8. The molecule has 3 rings (SSSR count). The number of carbonyl (C=O) groups excluding carboxylic acids is 2. The minimum absolute atomic E-state index is 0.0869. The van der Waals surface area contributed by atoms with Crippen LogP contribution in [0.1, 0.15) is 56.6 Å². The molecular formula is C27H36N2O4. The number of aryl methyl sites for hydroxylation is 1. The highest BCUT2D eigenvalue weighted by atomic mass is 16.5. The number of rotatable bonds is 10. The monoisotopic (exact) mass is 452 g/mol. The van der Waals surface area contributed by atoms with Crippen molar-refractivity contribution in [2.45, 2.75) is 71.0 Å². The fourth-order valence-electron chi connectivity index (χ4n) is 4.36. The molecular weight excluding hydrogens is 416 g/mol. The molecule has 1 aliphatic carbocycles. The van der Waals surface area contributed by atoms with Crippen LogP contribution in [0, 0.1) is 6.92 Å². The van der Waals surface area contributed by atoms with Crippen LogP contribution in [0.4, 0.5) is 0 Å². The van der Waals surface area contributed by atoms with Gasteiger partial charge in [-0.2, -0.15) is 0 Å². The van der Waals surface area contributed by atoms with Crippen molar-refractivity contribution in [3.63, 3.8) is 0 Å². The molecule has 0 bridgehead atoms. The quantitative estimate of drug-likeness (QED) is 0.570. The molecule has 0 radical (unpaired) electrons. The molecule has 6 heteroatoms. The molecule has 1 atom stereocenters. The Hall–Kier alpha value is -3.02. The summed E-state index contributed by atoms with van der Waals surface area (Å²) < 4.78 is 11.1. The maximum Gasteiger partial charge on any atom is 0.261 e. The highest BCUT2D eigenvalue weighted by molar-refractivity contribution is 5.88. The van der Waals surface area contributed by atoms with Crippen LogP contribution in [0.25, 0.3) is 0 Å². The lowest BCUT2D eigenvalue weighted by atomic mass is 9.95. The van der Waals surface area contributed by atoms with Crippen LogP contribution in [0.3, 0.4) is 0 Å². The first kappa shape index (κ1) is 24.6. The number of nitrogens with one attached hydrogen (secondary N) is 1. The minimum Gasteiger partial charge on any atom is -0.497 e. The van der Waals surface area contributed by atoms with Gasteiger partial charge in [0.15, 0.2) is 6.61 Å². The Labute approximate surface area is 197 Å². The van der Waals surface area contributed by atoms with Gasteiger partial charge in [-0.25, -0.2) is 0 Å². The van der Waals surface area contributed by atoms with Crippen LogP contribution in [-0.4, -0.2) is 42.5 Å². The van der Waals surface area contributed by atoms with E-state index in [2.05, 4.69) is 5.32 Å². The molecule has 1 aliphatic rings. The van der Waals surface area contributed by atoms with Crippen LogP contribution in [0.2, 0.25) is 0 Å². The Balaban J connectivity index is 1.77. The molecule has 0 aromatic heterocycles. The topological polar surface area (TPSA) is 67.9 Å². The summed E-state index contributed by atoms with van der Waals surface area (Å²) >= 11 is 0. The van der Waals surface area contributed by atoms with E-state index in [4.69, 9.17) is 9.47 Å². The number of hydrogen-bond donors (Lipinski definition) is 1. The van der Waals surface area contributed by atoms with Crippen molar-refractivity contribution in [3.05, 3.63) is 59.7 Å². The van der Waals surface area contributed by atoms with Crippen molar-refractivity contribution >= 4 is 11.8 Å². The third-order valence-corrected chi connectivity index (χ3v) is 6.18. The summed E-state index contributed by atoms with van der Waals surface area (Å²) in [5.41, 5.74) is 1.97. The summed E-state index contributed by atoms with van der Waals surface area (Å²) in [7, 11) is 1.62. The fourth-order valence-corrected chi connectivity index (χ4v) is 4.36. The van der Waals surface area contributed by atoms with E-state index in [0.717, 1.165) is 42.6 Å². The lowest BCUT2D eigenvalue weighted by Crippen LogP contribution is -2.52. The van der Waals surface area contributed by atoms with E-state index in [0.29, 0.717) is 18.7 Å². The molecule has 2 aromatic rings. The number of amides is 2. The molecule has 0 spiro atoms. The van der Waals surface area contributed by atoms with E-state index in [1.807, 2.05) is 62.4 Å². The first-order valence-electron chi connectivity index (χ1n) is 11.9. The number of methoxy groups -OCH3 is 1. The molecule has 1 N–H and O–H groups in total. The predicted molar refractivity (Wildman–Crippen MR) is 129 cm³/mol. The van der Waals surface area contributed by atoms with Crippen molar-refractivity contribution in [3.8, 4) is 11.5 Å². The second-order valence-electron chi connectivity index (χ2n) is 8.75. The normalized spacial score (nSPS) is 14.9. The third kappa shape index (κ3) is 7.24. The molecule has 2 amide bonds. The largest absolute Gasteiger partial charge is 0.497 e. The van der Waals surface area contributed by atoms with Gasteiger partial charge in [-0.3, -0.25) is 9.59 Å². The highest BCUT2D eigenvalue weighted by Gasteiger charge is 2.30. The molecule has 33 heavy (non-hydrogen) atoms. The van der Waals surface area contributed by atoms with Crippen molar-refractivity contribution in [1.82, 2.24) is 10.2 Å². The molecule has 2 aromatic carbocycles. The van der Waals surface area contributed by atoms with Gasteiger partial charge in [0.05, 0.1) is 7.11 Å². The van der Waals surface area contributed by atoms with Crippen molar-refractivity contribution in [2.75, 3.05) is 13.7 Å². The molecule has 0 heterocycles. The van der Waals surface area contributed by atoms with Gasteiger partial charge in [0.1, 0.15) is 17.5 Å². The molecule has 1 fully saturated rings. The Bertz CT molecular complexity index is 924. The highest BCUT2D eigenvalue weighted by Crippen LogP contribution is 2.21. The van der Waals surface area contributed by atoms with E-state index < -0.39 is 6.04 Å². The first-order valence-corrected chi connectivity index (χ1v) is 11.9. The second kappa shape index (κ2) is 12.3. The number of carbonyl (C=O) groups is 2. The zero-order chi connectivity index (χ0) is 23.6. The lowest BCUT2D eigenvalue weighted by molar-refractivity contribution is -0.143. The SMILES string of the molecule is CC[C@H](C(=O)NC1CCCCC1)N(Cc1cccc(OC)c1)C(=O)COc1cccc(C)c1. The van der Waals surface area contributed by atoms with Crippen LogP contribution < -0.4 is 14.8 Å². The number of ether oxygens (including phenoxy) is 2.